The van der Waals surface area contributed by atoms with Gasteiger partial charge < -0.3 is 5.11 Å². The number of imide groups is 1. The first kappa shape index (κ1) is 17.1. The molecule has 1 N–H and O–H groups in total. The van der Waals surface area contributed by atoms with Crippen molar-refractivity contribution < 1.29 is 14.7 Å². The van der Waals surface area contributed by atoms with Crippen LogP contribution in [0.1, 0.15) is 16.7 Å². The molecule has 1 fully saturated rings. The van der Waals surface area contributed by atoms with Crippen molar-refractivity contribution in [2.45, 2.75) is 6.54 Å². The second-order valence-electron chi connectivity index (χ2n) is 5.24. The number of phenolic OH excluding ortho intramolecular Hbond substituents is 1. The van der Waals surface area contributed by atoms with Crippen molar-refractivity contribution >= 4 is 40.6 Å². The summed E-state index contributed by atoms with van der Waals surface area (Å²) < 4.78 is 0. The van der Waals surface area contributed by atoms with Crippen molar-refractivity contribution in [3.63, 3.8) is 0 Å². The molecule has 0 unspecified atom stereocenters. The number of rotatable bonds is 3. The molecule has 0 aliphatic carbocycles. The highest BCUT2D eigenvalue weighted by atomic mass is 35.5. The summed E-state index contributed by atoms with van der Waals surface area (Å²) in [5, 5.41) is 19.0. The van der Waals surface area contributed by atoms with Crippen LogP contribution in [-0.4, -0.2) is 21.2 Å². The Hall–Kier alpha value is -2.75. The minimum atomic E-state index is -0.470. The number of hydrogen-bond donors (Lipinski definition) is 1. The lowest BCUT2D eigenvalue weighted by Gasteiger charge is -2.13. The topological polar surface area (TPSA) is 81.4 Å². The minimum absolute atomic E-state index is 0.0211. The maximum atomic E-state index is 12.5. The first-order valence-electron chi connectivity index (χ1n) is 7.21. The largest absolute Gasteiger partial charge is 0.507 e. The van der Waals surface area contributed by atoms with Crippen LogP contribution in [0, 0.1) is 11.3 Å². The number of nitriles is 1. The quantitative estimate of drug-likeness (QED) is 0.820. The van der Waals surface area contributed by atoms with Gasteiger partial charge >= 0.3 is 0 Å². The van der Waals surface area contributed by atoms with E-state index in [1.807, 2.05) is 6.07 Å². The van der Waals surface area contributed by atoms with E-state index in [0.29, 0.717) is 21.7 Å². The molecule has 0 bridgehead atoms. The Labute approximate surface area is 153 Å². The fraction of sp³-hybridized carbons (Fsp3) is 0.0556. The second kappa shape index (κ2) is 7.01. The van der Waals surface area contributed by atoms with E-state index in [1.54, 1.807) is 24.3 Å². The van der Waals surface area contributed by atoms with Crippen molar-refractivity contribution in [2.75, 3.05) is 0 Å². The van der Waals surface area contributed by atoms with Crippen LogP contribution >= 0.6 is 23.4 Å². The van der Waals surface area contributed by atoms with Crippen LogP contribution in [0.2, 0.25) is 5.02 Å². The fourth-order valence-electron chi connectivity index (χ4n) is 2.36. The van der Waals surface area contributed by atoms with Crippen molar-refractivity contribution in [2.24, 2.45) is 0 Å². The molecule has 1 saturated heterocycles. The van der Waals surface area contributed by atoms with Crippen molar-refractivity contribution in [1.82, 2.24) is 4.90 Å². The molecule has 0 spiro atoms. The SMILES string of the molecule is N#Cc1ccccc1CN1C(=O)S/C(=C/c2cc(Cl)ccc2O)C1=O. The Morgan fingerprint density at radius 2 is 2.00 bits per heavy atom. The predicted molar refractivity (Wildman–Crippen MR) is 95.8 cm³/mol. The first-order valence-corrected chi connectivity index (χ1v) is 8.41. The molecular weight excluding hydrogens is 360 g/mol. The molecule has 7 heteroatoms. The number of nitrogens with zero attached hydrogens (tertiary/aromatic N) is 2. The molecule has 1 heterocycles. The number of carbonyl (C=O) groups is 2. The first-order chi connectivity index (χ1) is 12.0. The van der Waals surface area contributed by atoms with E-state index in [-0.39, 0.29) is 17.2 Å². The molecule has 0 radical (unpaired) electrons. The molecular formula is C18H11ClN2O3S. The van der Waals surface area contributed by atoms with Gasteiger partial charge in [0.25, 0.3) is 11.1 Å². The Kier molecular flexibility index (Phi) is 4.79. The zero-order chi connectivity index (χ0) is 18.0. The molecule has 0 saturated carbocycles. The zero-order valence-corrected chi connectivity index (χ0v) is 14.3. The molecule has 1 aliphatic heterocycles. The van der Waals surface area contributed by atoms with E-state index < -0.39 is 11.1 Å². The normalized spacial score (nSPS) is 15.7. The van der Waals surface area contributed by atoms with Crippen LogP contribution in [0.4, 0.5) is 4.79 Å². The van der Waals surface area contributed by atoms with Gasteiger partial charge in [0.2, 0.25) is 0 Å². The summed E-state index contributed by atoms with van der Waals surface area (Å²) >= 11 is 6.68. The molecule has 0 atom stereocenters. The molecule has 2 amide bonds. The summed E-state index contributed by atoms with van der Waals surface area (Å²) in [6.07, 6.45) is 1.43. The lowest BCUT2D eigenvalue weighted by Crippen LogP contribution is -2.27. The monoisotopic (exact) mass is 370 g/mol. The van der Waals surface area contributed by atoms with E-state index in [2.05, 4.69) is 0 Å². The van der Waals surface area contributed by atoms with Crippen LogP contribution in [0.5, 0.6) is 5.75 Å². The predicted octanol–water partition coefficient (Wildman–Crippen LogP) is 4.15. The average molecular weight is 371 g/mol. The number of amides is 2. The second-order valence-corrected chi connectivity index (χ2v) is 6.67. The number of carbonyl (C=O) groups excluding carboxylic acids is 2. The van der Waals surface area contributed by atoms with E-state index in [9.17, 15) is 14.7 Å². The molecule has 5 nitrogen and oxygen atoms in total. The number of hydrogen-bond acceptors (Lipinski definition) is 5. The smallest absolute Gasteiger partial charge is 0.293 e. The Balaban J connectivity index is 1.89. The van der Waals surface area contributed by atoms with Crippen molar-refractivity contribution in [3.8, 4) is 11.8 Å². The Morgan fingerprint density at radius 1 is 1.24 bits per heavy atom. The third-order valence-electron chi connectivity index (χ3n) is 3.62. The number of aromatic hydroxyl groups is 1. The highest BCUT2D eigenvalue weighted by molar-refractivity contribution is 8.18. The third kappa shape index (κ3) is 3.53. The van der Waals surface area contributed by atoms with Gasteiger partial charge in [0, 0.05) is 10.6 Å². The molecule has 2 aromatic carbocycles. The van der Waals surface area contributed by atoms with Gasteiger partial charge in [-0.1, -0.05) is 29.8 Å². The van der Waals surface area contributed by atoms with Crippen molar-refractivity contribution in [3.05, 3.63) is 69.1 Å². The van der Waals surface area contributed by atoms with Gasteiger partial charge in [0.1, 0.15) is 5.75 Å². The molecule has 0 aromatic heterocycles. The average Bonchev–Trinajstić information content (AvgIpc) is 2.86. The van der Waals surface area contributed by atoms with Crippen LogP contribution in [0.25, 0.3) is 6.08 Å². The molecule has 1 aliphatic rings. The van der Waals surface area contributed by atoms with Gasteiger partial charge in [0.15, 0.2) is 0 Å². The fourth-order valence-corrected chi connectivity index (χ4v) is 3.37. The minimum Gasteiger partial charge on any atom is -0.507 e. The van der Waals surface area contributed by atoms with Gasteiger partial charge in [0.05, 0.1) is 23.1 Å². The molecule has 25 heavy (non-hydrogen) atoms. The summed E-state index contributed by atoms with van der Waals surface area (Å²) in [4.78, 5) is 26.0. The highest BCUT2D eigenvalue weighted by Crippen LogP contribution is 2.35. The summed E-state index contributed by atoms with van der Waals surface area (Å²) in [6.45, 7) is 0.0211. The molecule has 124 valence electrons. The number of halogens is 1. The van der Waals surface area contributed by atoms with Gasteiger partial charge in [-0.25, -0.2) is 0 Å². The lowest BCUT2D eigenvalue weighted by molar-refractivity contribution is -0.123. The Morgan fingerprint density at radius 3 is 2.76 bits per heavy atom. The Bertz CT molecular complexity index is 950. The van der Waals surface area contributed by atoms with E-state index in [1.165, 1.54) is 24.3 Å². The molecule has 3 rings (SSSR count). The van der Waals surface area contributed by atoms with E-state index >= 15 is 0 Å². The summed E-state index contributed by atoms with van der Waals surface area (Å²) in [7, 11) is 0. The third-order valence-corrected chi connectivity index (χ3v) is 4.76. The highest BCUT2D eigenvalue weighted by Gasteiger charge is 2.35. The van der Waals surface area contributed by atoms with E-state index in [4.69, 9.17) is 16.9 Å². The van der Waals surface area contributed by atoms with Gasteiger partial charge in [-0.15, -0.1) is 0 Å². The van der Waals surface area contributed by atoms with Crippen LogP contribution in [0.3, 0.4) is 0 Å². The van der Waals surface area contributed by atoms with E-state index in [0.717, 1.165) is 16.7 Å². The summed E-state index contributed by atoms with van der Waals surface area (Å²) in [5.41, 5.74) is 1.37. The maximum Gasteiger partial charge on any atom is 0.293 e. The van der Waals surface area contributed by atoms with Gasteiger partial charge in [-0.3, -0.25) is 14.5 Å². The molecule has 2 aromatic rings. The van der Waals surface area contributed by atoms with Crippen LogP contribution < -0.4 is 0 Å². The van der Waals surface area contributed by atoms with Crippen molar-refractivity contribution in [1.29, 1.82) is 5.26 Å². The number of phenols is 1. The number of benzene rings is 2. The summed E-state index contributed by atoms with van der Waals surface area (Å²) in [5.74, 6) is -0.506. The van der Waals surface area contributed by atoms with Gasteiger partial charge in [-0.2, -0.15) is 5.26 Å². The van der Waals surface area contributed by atoms with Gasteiger partial charge in [-0.05, 0) is 47.7 Å². The standard InChI is InChI=1S/C18H11ClN2O3S/c19-14-5-6-15(22)13(7-14)8-16-17(23)21(18(24)25-16)10-12-4-2-1-3-11(12)9-20/h1-8,22H,10H2/b16-8+. The zero-order valence-electron chi connectivity index (χ0n) is 12.8. The van der Waals surface area contributed by atoms with Crippen LogP contribution in [-0.2, 0) is 11.3 Å². The summed E-state index contributed by atoms with van der Waals surface area (Å²) in [6, 6.07) is 13.3. The lowest BCUT2D eigenvalue weighted by atomic mass is 10.1. The number of thioether (sulfide) groups is 1. The van der Waals surface area contributed by atoms with Crippen LogP contribution in [0.15, 0.2) is 47.4 Å². The maximum absolute atomic E-state index is 12.5.